The monoisotopic (exact) mass is 288 g/mol. The predicted octanol–water partition coefficient (Wildman–Crippen LogP) is 4.61. The molecule has 0 aromatic heterocycles. The van der Waals surface area contributed by atoms with Crippen LogP contribution in [0.25, 0.3) is 0 Å². The number of carboxylic acids is 1. The van der Waals surface area contributed by atoms with Crippen molar-refractivity contribution in [2.45, 2.75) is 26.2 Å². The zero-order valence-electron chi connectivity index (χ0n) is 12.2. The van der Waals surface area contributed by atoms with E-state index in [1.54, 1.807) is 12.1 Å². The SMILES string of the molecule is CC(C)(C)c1ccc(Oc2c(F)cccc2C(=O)O)cc1. The highest BCUT2D eigenvalue weighted by Gasteiger charge is 2.17. The van der Waals surface area contributed by atoms with Crippen molar-refractivity contribution in [3.63, 3.8) is 0 Å². The number of carboxylic acid groups (broad SMARTS) is 1. The van der Waals surface area contributed by atoms with Crippen molar-refractivity contribution in [1.82, 2.24) is 0 Å². The normalized spacial score (nSPS) is 11.2. The zero-order chi connectivity index (χ0) is 15.6. The standard InChI is InChI=1S/C17H17FO3/c1-17(2,3)11-7-9-12(10-8-11)21-15-13(16(19)20)5-4-6-14(15)18/h4-10H,1-3H3,(H,19,20). The molecule has 0 aliphatic heterocycles. The molecule has 0 atom stereocenters. The fourth-order valence-corrected chi connectivity index (χ4v) is 1.92. The van der Waals surface area contributed by atoms with Crippen LogP contribution in [0.4, 0.5) is 4.39 Å². The molecule has 0 unspecified atom stereocenters. The smallest absolute Gasteiger partial charge is 0.339 e. The summed E-state index contributed by atoms with van der Waals surface area (Å²) in [7, 11) is 0. The van der Waals surface area contributed by atoms with Gasteiger partial charge in [-0.2, -0.15) is 0 Å². The van der Waals surface area contributed by atoms with Crippen molar-refractivity contribution in [3.05, 3.63) is 59.4 Å². The number of ether oxygens (including phenoxy) is 1. The van der Waals surface area contributed by atoms with Crippen LogP contribution in [0.3, 0.4) is 0 Å². The average Bonchev–Trinajstić information content (AvgIpc) is 2.40. The first-order valence-corrected chi connectivity index (χ1v) is 6.59. The maximum Gasteiger partial charge on any atom is 0.339 e. The Morgan fingerprint density at radius 2 is 1.71 bits per heavy atom. The number of hydrogen-bond acceptors (Lipinski definition) is 2. The average molecular weight is 288 g/mol. The van der Waals surface area contributed by atoms with Gasteiger partial charge in [-0.05, 0) is 35.2 Å². The Morgan fingerprint density at radius 1 is 1.10 bits per heavy atom. The van der Waals surface area contributed by atoms with Gasteiger partial charge in [-0.3, -0.25) is 0 Å². The van der Waals surface area contributed by atoms with Crippen LogP contribution in [-0.4, -0.2) is 11.1 Å². The number of aromatic carboxylic acids is 1. The summed E-state index contributed by atoms with van der Waals surface area (Å²) < 4.78 is 19.2. The van der Waals surface area contributed by atoms with E-state index in [1.807, 2.05) is 12.1 Å². The summed E-state index contributed by atoms with van der Waals surface area (Å²) in [6, 6.07) is 11.0. The molecule has 2 aromatic rings. The predicted molar refractivity (Wildman–Crippen MR) is 78.6 cm³/mol. The lowest BCUT2D eigenvalue weighted by molar-refractivity contribution is 0.0693. The number of benzene rings is 2. The van der Waals surface area contributed by atoms with Crippen LogP contribution in [0.5, 0.6) is 11.5 Å². The molecule has 2 rings (SSSR count). The fourth-order valence-electron chi connectivity index (χ4n) is 1.92. The van der Waals surface area contributed by atoms with Gasteiger partial charge in [0.25, 0.3) is 0 Å². The van der Waals surface area contributed by atoms with Crippen LogP contribution in [0.2, 0.25) is 0 Å². The molecular weight excluding hydrogens is 271 g/mol. The van der Waals surface area contributed by atoms with Crippen molar-refractivity contribution in [3.8, 4) is 11.5 Å². The number of carbonyl (C=O) groups is 1. The van der Waals surface area contributed by atoms with Crippen LogP contribution >= 0.6 is 0 Å². The van der Waals surface area contributed by atoms with E-state index in [0.717, 1.165) is 5.56 Å². The first-order chi connectivity index (χ1) is 9.79. The van der Waals surface area contributed by atoms with Gasteiger partial charge in [0, 0.05) is 0 Å². The third-order valence-electron chi connectivity index (χ3n) is 3.14. The molecule has 1 N–H and O–H groups in total. The van der Waals surface area contributed by atoms with E-state index in [1.165, 1.54) is 18.2 Å². The largest absolute Gasteiger partial charge is 0.478 e. The second kappa shape index (κ2) is 5.56. The molecule has 3 nitrogen and oxygen atoms in total. The summed E-state index contributed by atoms with van der Waals surface area (Å²) in [5.41, 5.74) is 0.916. The van der Waals surface area contributed by atoms with E-state index < -0.39 is 11.8 Å². The van der Waals surface area contributed by atoms with Gasteiger partial charge in [0.15, 0.2) is 11.6 Å². The summed E-state index contributed by atoms with van der Waals surface area (Å²) in [5.74, 6) is -1.80. The quantitative estimate of drug-likeness (QED) is 0.896. The molecule has 0 fully saturated rings. The Balaban J connectivity index is 2.33. The lowest BCUT2D eigenvalue weighted by Crippen LogP contribution is -2.10. The summed E-state index contributed by atoms with van der Waals surface area (Å²) in [5, 5.41) is 9.07. The molecule has 4 heteroatoms. The Kier molecular flexibility index (Phi) is 3.98. The van der Waals surface area contributed by atoms with E-state index in [0.29, 0.717) is 5.75 Å². The van der Waals surface area contributed by atoms with E-state index in [-0.39, 0.29) is 16.7 Å². The lowest BCUT2D eigenvalue weighted by Gasteiger charge is -2.19. The van der Waals surface area contributed by atoms with Crippen molar-refractivity contribution >= 4 is 5.97 Å². The van der Waals surface area contributed by atoms with Crippen molar-refractivity contribution < 1.29 is 19.0 Å². The molecular formula is C17H17FO3. The van der Waals surface area contributed by atoms with Crippen LogP contribution in [0.1, 0.15) is 36.7 Å². The third kappa shape index (κ3) is 3.40. The first kappa shape index (κ1) is 15.0. The summed E-state index contributed by atoms with van der Waals surface area (Å²) >= 11 is 0. The molecule has 2 aromatic carbocycles. The second-order valence-electron chi connectivity index (χ2n) is 5.80. The van der Waals surface area contributed by atoms with Gasteiger partial charge in [0.05, 0.1) is 0 Å². The first-order valence-electron chi connectivity index (χ1n) is 6.59. The Labute approximate surface area is 123 Å². The number of halogens is 1. The highest BCUT2D eigenvalue weighted by molar-refractivity contribution is 5.91. The van der Waals surface area contributed by atoms with Gasteiger partial charge in [0.1, 0.15) is 11.3 Å². The Bertz CT molecular complexity index is 655. The minimum atomic E-state index is -1.23. The molecule has 0 aliphatic carbocycles. The molecule has 0 amide bonds. The van der Waals surface area contributed by atoms with Crippen molar-refractivity contribution in [2.24, 2.45) is 0 Å². The van der Waals surface area contributed by atoms with E-state index in [4.69, 9.17) is 9.84 Å². The van der Waals surface area contributed by atoms with E-state index in [2.05, 4.69) is 20.8 Å². The molecule has 21 heavy (non-hydrogen) atoms. The molecule has 110 valence electrons. The summed E-state index contributed by atoms with van der Waals surface area (Å²) in [4.78, 5) is 11.1. The number of para-hydroxylation sites is 1. The summed E-state index contributed by atoms with van der Waals surface area (Å²) in [6.07, 6.45) is 0. The van der Waals surface area contributed by atoms with Gasteiger partial charge < -0.3 is 9.84 Å². The lowest BCUT2D eigenvalue weighted by atomic mass is 9.87. The molecule has 0 heterocycles. The van der Waals surface area contributed by atoms with Gasteiger partial charge in [-0.25, -0.2) is 9.18 Å². The third-order valence-corrected chi connectivity index (χ3v) is 3.14. The Morgan fingerprint density at radius 3 is 2.24 bits per heavy atom. The topological polar surface area (TPSA) is 46.5 Å². The maximum atomic E-state index is 13.8. The zero-order valence-corrected chi connectivity index (χ0v) is 12.2. The van der Waals surface area contributed by atoms with Gasteiger partial charge >= 0.3 is 5.97 Å². The van der Waals surface area contributed by atoms with E-state index in [9.17, 15) is 9.18 Å². The van der Waals surface area contributed by atoms with Crippen LogP contribution in [0, 0.1) is 5.82 Å². The second-order valence-corrected chi connectivity index (χ2v) is 5.80. The molecule has 0 radical (unpaired) electrons. The van der Waals surface area contributed by atoms with Gasteiger partial charge in [-0.15, -0.1) is 0 Å². The minimum absolute atomic E-state index is 0.00273. The molecule has 0 bridgehead atoms. The van der Waals surface area contributed by atoms with Crippen LogP contribution in [0.15, 0.2) is 42.5 Å². The molecule has 0 saturated heterocycles. The van der Waals surface area contributed by atoms with Gasteiger partial charge in [-0.1, -0.05) is 39.0 Å². The van der Waals surface area contributed by atoms with E-state index >= 15 is 0 Å². The highest BCUT2D eigenvalue weighted by atomic mass is 19.1. The molecule has 0 spiro atoms. The maximum absolute atomic E-state index is 13.8. The highest BCUT2D eigenvalue weighted by Crippen LogP contribution is 2.30. The fraction of sp³-hybridized carbons (Fsp3) is 0.235. The Hall–Kier alpha value is -2.36. The summed E-state index contributed by atoms with van der Waals surface area (Å²) in [6.45, 7) is 6.26. The van der Waals surface area contributed by atoms with Crippen LogP contribution in [-0.2, 0) is 5.41 Å². The minimum Gasteiger partial charge on any atom is -0.478 e. The van der Waals surface area contributed by atoms with Crippen molar-refractivity contribution in [2.75, 3.05) is 0 Å². The van der Waals surface area contributed by atoms with Gasteiger partial charge in [0.2, 0.25) is 0 Å². The molecule has 0 saturated carbocycles. The number of hydrogen-bond donors (Lipinski definition) is 1. The van der Waals surface area contributed by atoms with Crippen molar-refractivity contribution in [1.29, 1.82) is 0 Å². The van der Waals surface area contributed by atoms with Crippen LogP contribution < -0.4 is 4.74 Å². The number of rotatable bonds is 3. The molecule has 0 aliphatic rings.